The fourth-order valence-electron chi connectivity index (χ4n) is 3.44. The number of nitrogens with one attached hydrogen (secondary N) is 2. The number of benzene rings is 1. The second-order valence-corrected chi connectivity index (χ2v) is 9.90. The second kappa shape index (κ2) is 9.15. The molecule has 1 aliphatic heterocycles. The first-order valence-electron chi connectivity index (χ1n) is 9.48. The molecule has 0 spiro atoms. The van der Waals surface area contributed by atoms with Gasteiger partial charge in [-0.1, -0.05) is 24.3 Å². The molecule has 0 fully saturated rings. The van der Waals surface area contributed by atoms with Crippen molar-refractivity contribution in [2.24, 2.45) is 0 Å². The van der Waals surface area contributed by atoms with Crippen molar-refractivity contribution >= 4 is 44.2 Å². The van der Waals surface area contributed by atoms with E-state index in [0.29, 0.717) is 19.5 Å². The first-order chi connectivity index (χ1) is 13.4. The summed E-state index contributed by atoms with van der Waals surface area (Å²) in [6.07, 6.45) is 7.30. The van der Waals surface area contributed by atoms with Gasteiger partial charge in [0.1, 0.15) is 6.04 Å². The molecule has 28 heavy (non-hydrogen) atoms. The Bertz CT molecular complexity index is 966. The van der Waals surface area contributed by atoms with Crippen molar-refractivity contribution in [3.63, 3.8) is 0 Å². The van der Waals surface area contributed by atoms with Crippen molar-refractivity contribution in [2.45, 2.75) is 25.8 Å². The summed E-state index contributed by atoms with van der Waals surface area (Å²) >= 11 is 1.61. The first-order valence-corrected chi connectivity index (χ1v) is 12.5. The molecule has 2 heterocycles. The first kappa shape index (κ1) is 21.0. The second-order valence-electron chi connectivity index (χ2n) is 6.87. The van der Waals surface area contributed by atoms with Crippen LogP contribution in [0.2, 0.25) is 0 Å². The van der Waals surface area contributed by atoms with E-state index in [1.165, 1.54) is 16.5 Å². The van der Waals surface area contributed by atoms with Crippen LogP contribution in [0, 0.1) is 0 Å². The molecule has 1 aliphatic rings. The van der Waals surface area contributed by atoms with Crippen LogP contribution in [-0.4, -0.2) is 61.1 Å². The van der Waals surface area contributed by atoms with Gasteiger partial charge in [-0.2, -0.15) is 11.8 Å². The van der Waals surface area contributed by atoms with Crippen LogP contribution in [0.25, 0.3) is 16.5 Å². The van der Waals surface area contributed by atoms with Crippen LogP contribution in [0.5, 0.6) is 0 Å². The monoisotopic (exact) mass is 421 g/mol. The molecule has 152 valence electrons. The number of amides is 1. The molecule has 2 N–H and O–H groups in total. The van der Waals surface area contributed by atoms with Crippen LogP contribution >= 0.6 is 11.8 Å². The number of nitrogens with zero attached hydrogens (tertiary/aromatic N) is 1. The number of H-pyrrole nitrogens is 1. The summed E-state index contributed by atoms with van der Waals surface area (Å²) < 4.78 is 26.6. The quantitative estimate of drug-likeness (QED) is 0.687. The Morgan fingerprint density at radius 2 is 2.14 bits per heavy atom. The standard InChI is InChI=1S/C20H27N3O3S2/c1-3-28(25,26)22-19(10-13-27-2)20(24)23-11-8-15(9-12-23)17-14-21-18-7-5-4-6-16(17)18/h4-8,14,19,21-22H,3,9-13H2,1-2H3. The number of fused-ring (bicyclic) bond motifs is 1. The van der Waals surface area contributed by atoms with Crippen molar-refractivity contribution in [3.8, 4) is 0 Å². The Labute approximate surface area is 170 Å². The van der Waals surface area contributed by atoms with E-state index in [9.17, 15) is 13.2 Å². The van der Waals surface area contributed by atoms with Gasteiger partial charge >= 0.3 is 0 Å². The van der Waals surface area contributed by atoms with Gasteiger partial charge < -0.3 is 9.88 Å². The molecule has 0 aliphatic carbocycles. The smallest absolute Gasteiger partial charge is 0.241 e. The maximum atomic E-state index is 13.0. The minimum absolute atomic E-state index is 0.0271. The van der Waals surface area contributed by atoms with Crippen LogP contribution < -0.4 is 4.72 Å². The number of para-hydroxylation sites is 1. The number of carbonyl (C=O) groups is 1. The van der Waals surface area contributed by atoms with Crippen LogP contribution in [0.15, 0.2) is 36.5 Å². The zero-order valence-corrected chi connectivity index (χ0v) is 17.9. The van der Waals surface area contributed by atoms with E-state index in [4.69, 9.17) is 0 Å². The number of aromatic amines is 1. The summed E-state index contributed by atoms with van der Waals surface area (Å²) in [6, 6.07) is 7.48. The topological polar surface area (TPSA) is 82.3 Å². The molecule has 0 bridgehead atoms. The third-order valence-electron chi connectivity index (χ3n) is 5.07. The predicted molar refractivity (Wildman–Crippen MR) is 117 cm³/mol. The average Bonchev–Trinajstić information content (AvgIpc) is 3.15. The van der Waals surface area contributed by atoms with Crippen molar-refractivity contribution < 1.29 is 13.2 Å². The summed E-state index contributed by atoms with van der Waals surface area (Å²) in [5, 5.41) is 1.18. The third kappa shape index (κ3) is 4.79. The summed E-state index contributed by atoms with van der Waals surface area (Å²) in [6.45, 7) is 2.67. The highest BCUT2D eigenvalue weighted by atomic mass is 32.2. The maximum absolute atomic E-state index is 13.0. The highest BCUT2D eigenvalue weighted by molar-refractivity contribution is 7.98. The number of aromatic nitrogens is 1. The van der Waals surface area contributed by atoms with Gasteiger partial charge in [0.15, 0.2) is 0 Å². The molecule has 1 amide bonds. The van der Waals surface area contributed by atoms with E-state index in [1.807, 2.05) is 30.7 Å². The molecule has 8 heteroatoms. The van der Waals surface area contributed by atoms with Gasteiger partial charge in [-0.25, -0.2) is 13.1 Å². The normalized spacial score (nSPS) is 16.2. The Hall–Kier alpha value is -1.77. The molecule has 0 saturated carbocycles. The number of sulfonamides is 1. The molecular formula is C20H27N3O3S2. The summed E-state index contributed by atoms with van der Waals surface area (Å²) in [5.74, 6) is 0.563. The van der Waals surface area contributed by atoms with Gasteiger partial charge in [0.05, 0.1) is 5.75 Å². The number of carbonyl (C=O) groups excluding carboxylic acids is 1. The molecule has 3 rings (SSSR count). The lowest BCUT2D eigenvalue weighted by molar-refractivity contribution is -0.132. The zero-order valence-electron chi connectivity index (χ0n) is 16.3. The minimum Gasteiger partial charge on any atom is -0.361 e. The Kier molecular flexibility index (Phi) is 6.85. The SMILES string of the molecule is CCS(=O)(=O)NC(CCSC)C(=O)N1CC=C(c2c[nH]c3ccccc23)CC1. The van der Waals surface area contributed by atoms with Gasteiger partial charge in [0.25, 0.3) is 0 Å². The number of hydrogen-bond donors (Lipinski definition) is 2. The van der Waals surface area contributed by atoms with E-state index < -0.39 is 16.1 Å². The molecule has 1 aromatic heterocycles. The maximum Gasteiger partial charge on any atom is 0.241 e. The molecular weight excluding hydrogens is 394 g/mol. The van der Waals surface area contributed by atoms with E-state index in [2.05, 4.69) is 21.8 Å². The van der Waals surface area contributed by atoms with Crippen LogP contribution in [-0.2, 0) is 14.8 Å². The molecule has 0 saturated heterocycles. The Morgan fingerprint density at radius 1 is 1.36 bits per heavy atom. The van der Waals surface area contributed by atoms with Crippen molar-refractivity contribution in [3.05, 3.63) is 42.1 Å². The summed E-state index contributed by atoms with van der Waals surface area (Å²) in [5.41, 5.74) is 3.49. The van der Waals surface area contributed by atoms with E-state index in [1.54, 1.807) is 23.6 Å². The molecule has 1 atom stereocenters. The molecule has 0 radical (unpaired) electrons. The number of hydrogen-bond acceptors (Lipinski definition) is 4. The van der Waals surface area contributed by atoms with Gasteiger partial charge in [-0.15, -0.1) is 0 Å². The fourth-order valence-corrected chi connectivity index (χ4v) is 4.73. The highest BCUT2D eigenvalue weighted by Crippen LogP contribution is 2.29. The van der Waals surface area contributed by atoms with Gasteiger partial charge in [0, 0.05) is 35.8 Å². The molecule has 6 nitrogen and oxygen atoms in total. The Balaban J connectivity index is 1.73. The summed E-state index contributed by atoms with van der Waals surface area (Å²) in [7, 11) is -3.43. The fraction of sp³-hybridized carbons (Fsp3) is 0.450. The lowest BCUT2D eigenvalue weighted by atomic mass is 9.98. The van der Waals surface area contributed by atoms with Gasteiger partial charge in [-0.05, 0) is 43.4 Å². The lowest BCUT2D eigenvalue weighted by Gasteiger charge is -2.30. The predicted octanol–water partition coefficient (Wildman–Crippen LogP) is 2.84. The largest absolute Gasteiger partial charge is 0.361 e. The van der Waals surface area contributed by atoms with Crippen LogP contribution in [0.4, 0.5) is 0 Å². The number of rotatable bonds is 8. The minimum atomic E-state index is -3.43. The lowest BCUT2D eigenvalue weighted by Crippen LogP contribution is -2.50. The van der Waals surface area contributed by atoms with Crippen molar-refractivity contribution in [2.75, 3.05) is 30.9 Å². The van der Waals surface area contributed by atoms with Gasteiger partial charge in [0.2, 0.25) is 15.9 Å². The van der Waals surface area contributed by atoms with Crippen LogP contribution in [0.3, 0.4) is 0 Å². The van der Waals surface area contributed by atoms with Gasteiger partial charge in [-0.3, -0.25) is 4.79 Å². The van der Waals surface area contributed by atoms with E-state index >= 15 is 0 Å². The average molecular weight is 422 g/mol. The van der Waals surface area contributed by atoms with Crippen LogP contribution in [0.1, 0.15) is 25.3 Å². The molecule has 1 unspecified atom stereocenters. The zero-order chi connectivity index (χ0) is 20.1. The van der Waals surface area contributed by atoms with Crippen molar-refractivity contribution in [1.29, 1.82) is 0 Å². The molecule has 2 aromatic rings. The van der Waals surface area contributed by atoms with E-state index in [0.717, 1.165) is 17.7 Å². The van der Waals surface area contributed by atoms with Crippen molar-refractivity contribution in [1.82, 2.24) is 14.6 Å². The number of thioether (sulfide) groups is 1. The highest BCUT2D eigenvalue weighted by Gasteiger charge is 2.28. The Morgan fingerprint density at radius 3 is 2.82 bits per heavy atom. The van der Waals surface area contributed by atoms with E-state index in [-0.39, 0.29) is 11.7 Å². The summed E-state index contributed by atoms with van der Waals surface area (Å²) in [4.78, 5) is 18.0. The molecule has 1 aromatic carbocycles. The third-order valence-corrected chi connectivity index (χ3v) is 7.11.